The van der Waals surface area contributed by atoms with Crippen molar-refractivity contribution in [1.82, 2.24) is 0 Å². The van der Waals surface area contributed by atoms with E-state index in [0.29, 0.717) is 10.0 Å². The Labute approximate surface area is 102 Å². The largest absolute Gasteiger partial charge is 0.324 e. The lowest BCUT2D eigenvalue weighted by molar-refractivity contribution is 0.343. The van der Waals surface area contributed by atoms with Crippen molar-refractivity contribution in [2.75, 3.05) is 0 Å². The summed E-state index contributed by atoms with van der Waals surface area (Å²) in [6.45, 7) is 6.51. The first kappa shape index (κ1) is 12.8. The van der Waals surface area contributed by atoms with Gasteiger partial charge in [0, 0.05) is 6.04 Å². The molecular formula is C12H17Cl2N. The van der Waals surface area contributed by atoms with Crippen molar-refractivity contribution in [1.29, 1.82) is 0 Å². The molecule has 1 nitrogen and oxygen atoms in total. The number of nitrogens with two attached hydrogens (primary N) is 1. The fourth-order valence-electron chi connectivity index (χ4n) is 1.52. The first-order chi connectivity index (χ1) is 6.79. The quantitative estimate of drug-likeness (QED) is 0.820. The minimum atomic E-state index is 0.0137. The number of benzene rings is 1. The molecular weight excluding hydrogens is 229 g/mol. The van der Waals surface area contributed by atoms with E-state index in [4.69, 9.17) is 28.9 Å². The second kappa shape index (κ2) is 4.73. The maximum absolute atomic E-state index is 6.10. The molecule has 0 fully saturated rings. The molecule has 0 aliphatic carbocycles. The van der Waals surface area contributed by atoms with Gasteiger partial charge in [-0.05, 0) is 29.5 Å². The Hall–Kier alpha value is -0.240. The molecule has 1 unspecified atom stereocenters. The zero-order valence-corrected chi connectivity index (χ0v) is 10.9. The van der Waals surface area contributed by atoms with Gasteiger partial charge in [0.1, 0.15) is 0 Å². The van der Waals surface area contributed by atoms with E-state index in [1.807, 2.05) is 12.1 Å². The topological polar surface area (TPSA) is 26.0 Å². The molecule has 15 heavy (non-hydrogen) atoms. The molecule has 0 saturated heterocycles. The minimum absolute atomic E-state index is 0.0137. The van der Waals surface area contributed by atoms with Crippen LogP contribution in [-0.4, -0.2) is 0 Å². The summed E-state index contributed by atoms with van der Waals surface area (Å²) in [6, 6.07) is 5.59. The van der Waals surface area contributed by atoms with Gasteiger partial charge < -0.3 is 5.73 Å². The Morgan fingerprint density at radius 3 is 2.27 bits per heavy atom. The van der Waals surface area contributed by atoms with Gasteiger partial charge in [0.05, 0.1) is 10.0 Å². The van der Waals surface area contributed by atoms with Gasteiger partial charge in [-0.1, -0.05) is 50.0 Å². The second-order valence-electron chi connectivity index (χ2n) is 5.04. The molecule has 1 rings (SSSR count). The summed E-state index contributed by atoms with van der Waals surface area (Å²) < 4.78 is 0. The van der Waals surface area contributed by atoms with E-state index in [1.54, 1.807) is 6.07 Å². The summed E-state index contributed by atoms with van der Waals surface area (Å²) in [5, 5.41) is 1.14. The first-order valence-electron chi connectivity index (χ1n) is 5.00. The fraction of sp³-hybridized carbons (Fsp3) is 0.500. The van der Waals surface area contributed by atoms with Crippen molar-refractivity contribution in [3.8, 4) is 0 Å². The van der Waals surface area contributed by atoms with Gasteiger partial charge in [0.25, 0.3) is 0 Å². The smallest absolute Gasteiger partial charge is 0.0595 e. The molecule has 0 radical (unpaired) electrons. The van der Waals surface area contributed by atoms with E-state index >= 15 is 0 Å². The van der Waals surface area contributed by atoms with E-state index in [9.17, 15) is 0 Å². The van der Waals surface area contributed by atoms with Crippen LogP contribution in [0, 0.1) is 5.41 Å². The molecule has 0 aromatic heterocycles. The lowest BCUT2D eigenvalue weighted by atomic mass is 9.86. The Morgan fingerprint density at radius 1 is 1.20 bits per heavy atom. The zero-order valence-electron chi connectivity index (χ0n) is 9.35. The van der Waals surface area contributed by atoms with Crippen LogP contribution >= 0.6 is 23.2 Å². The predicted octanol–water partition coefficient (Wildman–Crippen LogP) is 4.43. The van der Waals surface area contributed by atoms with Crippen LogP contribution in [-0.2, 0) is 0 Å². The average molecular weight is 246 g/mol. The molecule has 0 bridgehead atoms. The van der Waals surface area contributed by atoms with Gasteiger partial charge in [-0.25, -0.2) is 0 Å². The molecule has 1 aromatic rings. The van der Waals surface area contributed by atoms with Gasteiger partial charge in [-0.15, -0.1) is 0 Å². The Balaban J connectivity index is 2.83. The molecule has 3 heteroatoms. The van der Waals surface area contributed by atoms with Crippen LogP contribution in [0.1, 0.15) is 38.8 Å². The van der Waals surface area contributed by atoms with E-state index in [-0.39, 0.29) is 11.5 Å². The lowest BCUT2D eigenvalue weighted by Gasteiger charge is -2.23. The molecule has 1 atom stereocenters. The molecule has 1 aromatic carbocycles. The second-order valence-corrected chi connectivity index (χ2v) is 5.86. The molecule has 0 aliphatic heterocycles. The number of hydrogen-bond acceptors (Lipinski definition) is 1. The van der Waals surface area contributed by atoms with Crippen molar-refractivity contribution in [2.45, 2.75) is 33.2 Å². The molecule has 0 spiro atoms. The van der Waals surface area contributed by atoms with Gasteiger partial charge in [0.15, 0.2) is 0 Å². The average Bonchev–Trinajstić information content (AvgIpc) is 2.06. The Morgan fingerprint density at radius 2 is 1.80 bits per heavy atom. The van der Waals surface area contributed by atoms with E-state index in [2.05, 4.69) is 20.8 Å². The van der Waals surface area contributed by atoms with Crippen LogP contribution in [0.5, 0.6) is 0 Å². The van der Waals surface area contributed by atoms with Crippen LogP contribution < -0.4 is 5.73 Å². The molecule has 2 N–H and O–H groups in total. The van der Waals surface area contributed by atoms with Crippen LogP contribution in [0.3, 0.4) is 0 Å². The summed E-state index contributed by atoms with van der Waals surface area (Å²) in [4.78, 5) is 0. The monoisotopic (exact) mass is 245 g/mol. The molecule has 0 heterocycles. The van der Waals surface area contributed by atoms with Gasteiger partial charge in [-0.3, -0.25) is 0 Å². The highest BCUT2D eigenvalue weighted by Gasteiger charge is 2.17. The number of halogens is 2. The summed E-state index contributed by atoms with van der Waals surface area (Å²) in [6.07, 6.45) is 0.922. The van der Waals surface area contributed by atoms with Gasteiger partial charge in [0.2, 0.25) is 0 Å². The molecule has 0 saturated carbocycles. The summed E-state index contributed by atoms with van der Waals surface area (Å²) in [5.74, 6) is 0. The van der Waals surface area contributed by atoms with Crippen LogP contribution in [0.2, 0.25) is 10.0 Å². The predicted molar refractivity (Wildman–Crippen MR) is 67.5 cm³/mol. The number of rotatable bonds is 2. The maximum Gasteiger partial charge on any atom is 0.0595 e. The van der Waals surface area contributed by atoms with Crippen LogP contribution in [0.15, 0.2) is 18.2 Å². The summed E-state index contributed by atoms with van der Waals surface area (Å²) >= 11 is 11.8. The van der Waals surface area contributed by atoms with E-state index in [0.717, 1.165) is 12.0 Å². The Kier molecular flexibility index (Phi) is 4.05. The highest BCUT2D eigenvalue weighted by Crippen LogP contribution is 2.30. The minimum Gasteiger partial charge on any atom is -0.324 e. The zero-order chi connectivity index (χ0) is 11.6. The fourth-order valence-corrected chi connectivity index (χ4v) is 1.83. The van der Waals surface area contributed by atoms with Crippen molar-refractivity contribution in [3.63, 3.8) is 0 Å². The third-order valence-corrected chi connectivity index (χ3v) is 2.94. The normalized spacial score (nSPS) is 14.0. The Bertz CT molecular complexity index is 342. The standard InChI is InChI=1S/C12H17Cl2N/c1-12(2,3)7-11(15)8-4-5-9(13)10(14)6-8/h4-6,11H,7,15H2,1-3H3. The van der Waals surface area contributed by atoms with E-state index < -0.39 is 0 Å². The molecule has 0 aliphatic rings. The summed E-state index contributed by atoms with van der Waals surface area (Å²) in [7, 11) is 0. The van der Waals surface area contributed by atoms with Crippen LogP contribution in [0.4, 0.5) is 0 Å². The van der Waals surface area contributed by atoms with Crippen molar-refractivity contribution >= 4 is 23.2 Å². The molecule has 84 valence electrons. The third-order valence-electron chi connectivity index (χ3n) is 2.20. The third kappa shape index (κ3) is 4.02. The lowest BCUT2D eigenvalue weighted by Crippen LogP contribution is -2.18. The summed E-state index contributed by atoms with van der Waals surface area (Å²) in [5.41, 5.74) is 7.35. The highest BCUT2D eigenvalue weighted by atomic mass is 35.5. The van der Waals surface area contributed by atoms with E-state index in [1.165, 1.54) is 0 Å². The number of hydrogen-bond donors (Lipinski definition) is 1. The van der Waals surface area contributed by atoms with Crippen LogP contribution in [0.25, 0.3) is 0 Å². The highest BCUT2D eigenvalue weighted by molar-refractivity contribution is 6.42. The van der Waals surface area contributed by atoms with Crippen molar-refractivity contribution in [3.05, 3.63) is 33.8 Å². The molecule has 0 amide bonds. The maximum atomic E-state index is 6.10. The SMILES string of the molecule is CC(C)(C)CC(N)c1ccc(Cl)c(Cl)c1. The van der Waals surface area contributed by atoms with Crippen molar-refractivity contribution < 1.29 is 0 Å². The van der Waals surface area contributed by atoms with Crippen molar-refractivity contribution in [2.24, 2.45) is 11.1 Å². The van der Waals surface area contributed by atoms with Gasteiger partial charge >= 0.3 is 0 Å². The van der Waals surface area contributed by atoms with Gasteiger partial charge in [-0.2, -0.15) is 0 Å². The first-order valence-corrected chi connectivity index (χ1v) is 5.76.